The van der Waals surface area contributed by atoms with Gasteiger partial charge in [-0.25, -0.2) is 0 Å². The summed E-state index contributed by atoms with van der Waals surface area (Å²) in [7, 11) is 0. The summed E-state index contributed by atoms with van der Waals surface area (Å²) in [6, 6.07) is 13.2. The molecule has 17 heavy (non-hydrogen) atoms. The zero-order valence-electron chi connectivity index (χ0n) is 9.37. The zero-order chi connectivity index (χ0) is 12.0. The fourth-order valence-electron chi connectivity index (χ4n) is 2.41. The van der Waals surface area contributed by atoms with Crippen LogP contribution in [0.1, 0.15) is 6.92 Å². The second kappa shape index (κ2) is 4.42. The van der Waals surface area contributed by atoms with Crippen LogP contribution >= 0.6 is 45.2 Å². The first kappa shape index (κ1) is 11.8. The molecule has 0 atom stereocenters. The second-order valence-corrected chi connectivity index (χ2v) is 6.45. The number of hydrogen-bond acceptors (Lipinski definition) is 0. The van der Waals surface area contributed by atoms with Crippen molar-refractivity contribution in [3.05, 3.63) is 43.5 Å². The van der Waals surface area contributed by atoms with Gasteiger partial charge in [0.15, 0.2) is 0 Å². The standard InChI is InChI=1S/C14H11I2N/c1-2-17-13-8-9(15)6-7-10(13)11-4-3-5-12(16)14(11)17/h3-8H,2H2,1H3. The van der Waals surface area contributed by atoms with Crippen LogP contribution < -0.4 is 0 Å². The Morgan fingerprint density at radius 3 is 2.65 bits per heavy atom. The van der Waals surface area contributed by atoms with E-state index in [4.69, 9.17) is 0 Å². The third-order valence-corrected chi connectivity index (χ3v) is 4.66. The van der Waals surface area contributed by atoms with Crippen molar-refractivity contribution in [3.8, 4) is 0 Å². The molecule has 2 aromatic carbocycles. The summed E-state index contributed by atoms with van der Waals surface area (Å²) in [6.45, 7) is 3.22. The molecule has 0 unspecified atom stereocenters. The molecule has 1 aromatic heterocycles. The van der Waals surface area contributed by atoms with Gasteiger partial charge in [-0.05, 0) is 70.3 Å². The van der Waals surface area contributed by atoms with E-state index < -0.39 is 0 Å². The Balaban J connectivity index is 2.61. The minimum absolute atomic E-state index is 1.01. The van der Waals surface area contributed by atoms with Crippen LogP contribution in [0, 0.1) is 7.14 Å². The summed E-state index contributed by atoms with van der Waals surface area (Å²) in [4.78, 5) is 0. The number of aryl methyl sites for hydroxylation is 1. The van der Waals surface area contributed by atoms with Crippen LogP contribution in [-0.2, 0) is 6.54 Å². The number of benzene rings is 2. The van der Waals surface area contributed by atoms with Crippen LogP contribution in [0.3, 0.4) is 0 Å². The Labute approximate surface area is 127 Å². The molecule has 0 N–H and O–H groups in total. The molecule has 1 heterocycles. The molecule has 0 bridgehead atoms. The molecule has 86 valence electrons. The molecule has 0 fully saturated rings. The molecule has 0 spiro atoms. The lowest BCUT2D eigenvalue weighted by molar-refractivity contribution is 0.825. The molecule has 0 radical (unpaired) electrons. The third kappa shape index (κ3) is 1.78. The number of fused-ring (bicyclic) bond motifs is 3. The van der Waals surface area contributed by atoms with E-state index in [0.717, 1.165) is 6.54 Å². The predicted molar refractivity (Wildman–Crippen MR) is 90.6 cm³/mol. The monoisotopic (exact) mass is 447 g/mol. The van der Waals surface area contributed by atoms with Gasteiger partial charge in [-0.15, -0.1) is 0 Å². The van der Waals surface area contributed by atoms with Gasteiger partial charge in [-0.1, -0.05) is 18.2 Å². The highest BCUT2D eigenvalue weighted by atomic mass is 127. The molecule has 0 aliphatic heterocycles. The maximum atomic E-state index is 2.43. The summed E-state index contributed by atoms with van der Waals surface area (Å²) in [5.74, 6) is 0. The molecule has 3 heteroatoms. The summed E-state index contributed by atoms with van der Waals surface area (Å²) in [5, 5.41) is 2.73. The van der Waals surface area contributed by atoms with Crippen LogP contribution in [0.15, 0.2) is 36.4 Å². The van der Waals surface area contributed by atoms with Crippen LogP contribution in [0.5, 0.6) is 0 Å². The van der Waals surface area contributed by atoms with E-state index in [2.05, 4.69) is 93.1 Å². The summed E-state index contributed by atoms with van der Waals surface area (Å²) >= 11 is 4.81. The van der Waals surface area contributed by atoms with Crippen molar-refractivity contribution in [1.82, 2.24) is 4.57 Å². The first-order valence-corrected chi connectivity index (χ1v) is 7.74. The Hall–Kier alpha value is -0.300. The summed E-state index contributed by atoms with van der Waals surface area (Å²) < 4.78 is 5.03. The van der Waals surface area contributed by atoms with Gasteiger partial charge in [-0.2, -0.15) is 0 Å². The normalized spacial score (nSPS) is 11.5. The van der Waals surface area contributed by atoms with E-state index in [1.807, 2.05) is 0 Å². The molecule has 0 aliphatic rings. The first-order chi connectivity index (χ1) is 8.22. The SMILES string of the molecule is CCn1c2cc(I)ccc2c2cccc(I)c21. The smallest absolute Gasteiger partial charge is 0.0626 e. The van der Waals surface area contributed by atoms with Crippen molar-refractivity contribution in [3.63, 3.8) is 0 Å². The van der Waals surface area contributed by atoms with Crippen molar-refractivity contribution < 1.29 is 0 Å². The van der Waals surface area contributed by atoms with Gasteiger partial charge >= 0.3 is 0 Å². The number of nitrogens with zero attached hydrogens (tertiary/aromatic N) is 1. The van der Waals surface area contributed by atoms with Crippen LogP contribution in [-0.4, -0.2) is 4.57 Å². The van der Waals surface area contributed by atoms with E-state index in [1.165, 1.54) is 28.9 Å². The van der Waals surface area contributed by atoms with Gasteiger partial charge in [0.05, 0.1) is 11.0 Å². The third-order valence-electron chi connectivity index (χ3n) is 3.11. The van der Waals surface area contributed by atoms with Crippen molar-refractivity contribution >= 4 is 67.0 Å². The number of rotatable bonds is 1. The van der Waals surface area contributed by atoms with Crippen LogP contribution in [0.25, 0.3) is 21.8 Å². The fourth-order valence-corrected chi connectivity index (χ4v) is 3.68. The van der Waals surface area contributed by atoms with E-state index in [-0.39, 0.29) is 0 Å². The number of halogens is 2. The Morgan fingerprint density at radius 1 is 1.06 bits per heavy atom. The zero-order valence-corrected chi connectivity index (χ0v) is 13.7. The maximum Gasteiger partial charge on any atom is 0.0626 e. The second-order valence-electron chi connectivity index (χ2n) is 4.04. The van der Waals surface area contributed by atoms with Gasteiger partial charge < -0.3 is 4.57 Å². The molecular formula is C14H11I2N. The number of aromatic nitrogens is 1. The minimum atomic E-state index is 1.01. The van der Waals surface area contributed by atoms with Gasteiger partial charge in [-0.3, -0.25) is 0 Å². The molecule has 0 saturated heterocycles. The van der Waals surface area contributed by atoms with Gasteiger partial charge in [0.1, 0.15) is 0 Å². The number of para-hydroxylation sites is 1. The Bertz CT molecular complexity index is 713. The van der Waals surface area contributed by atoms with Crippen molar-refractivity contribution in [2.75, 3.05) is 0 Å². The molecular weight excluding hydrogens is 436 g/mol. The molecule has 0 amide bonds. The van der Waals surface area contributed by atoms with Gasteiger partial charge in [0, 0.05) is 24.5 Å². The number of hydrogen-bond donors (Lipinski definition) is 0. The van der Waals surface area contributed by atoms with Crippen molar-refractivity contribution in [2.24, 2.45) is 0 Å². The predicted octanol–water partition coefficient (Wildman–Crippen LogP) is 5.02. The van der Waals surface area contributed by atoms with E-state index in [1.54, 1.807) is 0 Å². The summed E-state index contributed by atoms with van der Waals surface area (Å²) in [6.07, 6.45) is 0. The summed E-state index contributed by atoms with van der Waals surface area (Å²) in [5.41, 5.74) is 2.71. The maximum absolute atomic E-state index is 2.43. The average Bonchev–Trinajstić information content (AvgIpc) is 2.63. The first-order valence-electron chi connectivity index (χ1n) is 5.58. The van der Waals surface area contributed by atoms with Crippen molar-refractivity contribution in [1.29, 1.82) is 0 Å². The van der Waals surface area contributed by atoms with Crippen LogP contribution in [0.4, 0.5) is 0 Å². The minimum Gasteiger partial charge on any atom is -0.340 e. The van der Waals surface area contributed by atoms with E-state index in [0.29, 0.717) is 0 Å². The van der Waals surface area contributed by atoms with Gasteiger partial charge in [0.25, 0.3) is 0 Å². The average molecular weight is 447 g/mol. The van der Waals surface area contributed by atoms with E-state index in [9.17, 15) is 0 Å². The topological polar surface area (TPSA) is 4.93 Å². The Morgan fingerprint density at radius 2 is 1.88 bits per heavy atom. The highest BCUT2D eigenvalue weighted by molar-refractivity contribution is 14.1. The molecule has 3 aromatic rings. The van der Waals surface area contributed by atoms with Gasteiger partial charge in [0.2, 0.25) is 0 Å². The van der Waals surface area contributed by atoms with E-state index >= 15 is 0 Å². The Kier molecular flexibility index (Phi) is 3.06. The fraction of sp³-hybridized carbons (Fsp3) is 0.143. The highest BCUT2D eigenvalue weighted by Gasteiger charge is 2.11. The lowest BCUT2D eigenvalue weighted by atomic mass is 10.2. The van der Waals surface area contributed by atoms with Crippen molar-refractivity contribution in [2.45, 2.75) is 13.5 Å². The molecule has 0 aliphatic carbocycles. The molecule has 3 rings (SSSR count). The molecule has 1 nitrogen and oxygen atoms in total. The lowest BCUT2D eigenvalue weighted by Crippen LogP contribution is -1.94. The quantitative estimate of drug-likeness (QED) is 0.462. The lowest BCUT2D eigenvalue weighted by Gasteiger charge is -2.04. The highest BCUT2D eigenvalue weighted by Crippen LogP contribution is 2.32. The largest absolute Gasteiger partial charge is 0.340 e. The van der Waals surface area contributed by atoms with Crippen LogP contribution in [0.2, 0.25) is 0 Å². The molecule has 0 saturated carbocycles.